The van der Waals surface area contributed by atoms with Gasteiger partial charge in [-0.25, -0.2) is 0 Å². The Morgan fingerprint density at radius 2 is 1.62 bits per heavy atom. The van der Waals surface area contributed by atoms with E-state index >= 15 is 0 Å². The predicted molar refractivity (Wildman–Crippen MR) is 58.9 cm³/mol. The lowest BCUT2D eigenvalue weighted by Crippen LogP contribution is -2.42. The van der Waals surface area contributed by atoms with E-state index in [-0.39, 0.29) is 0 Å². The van der Waals surface area contributed by atoms with Crippen molar-refractivity contribution in [2.24, 2.45) is 0 Å². The van der Waals surface area contributed by atoms with Gasteiger partial charge in [0.2, 0.25) is 0 Å². The molecule has 0 aliphatic rings. The van der Waals surface area contributed by atoms with E-state index in [1.165, 1.54) is 6.54 Å². The summed E-state index contributed by atoms with van der Waals surface area (Å²) in [4.78, 5) is 0. The smallest absolute Gasteiger partial charge is 0.0907 e. The normalized spacial score (nSPS) is 12.5. The van der Waals surface area contributed by atoms with Crippen LogP contribution >= 0.6 is 0 Å². The molecule has 0 atom stereocenters. The number of nitrogens with zero attached hydrogens (tertiary/aromatic N) is 1. The molecule has 0 fully saturated rings. The molecule has 0 aromatic rings. The number of nitrogens with one attached hydrogen (secondary N) is 2. The molecular weight excluding hydrogens is 162 g/mol. The average molecular weight is 188 g/mol. The Labute approximate surface area is 83.1 Å². The van der Waals surface area contributed by atoms with Crippen LogP contribution in [-0.2, 0) is 0 Å². The minimum atomic E-state index is 0.597. The Morgan fingerprint density at radius 1 is 1.00 bits per heavy atom. The molecule has 0 rings (SSSR count). The molecule has 0 saturated carbocycles. The number of hydrogen-bond donors (Lipinski definition) is 2. The van der Waals surface area contributed by atoms with E-state index in [0.29, 0.717) is 6.04 Å². The quantitative estimate of drug-likeness (QED) is 0.443. The fraction of sp³-hybridized carbons (Fsp3) is 1.00. The lowest BCUT2D eigenvalue weighted by molar-refractivity contribution is -0.869. The SMILES string of the molecule is CC(C)NCCNCC[N+](C)(C)C. The van der Waals surface area contributed by atoms with E-state index in [4.69, 9.17) is 0 Å². The molecular formula is C10H26N3+. The Balaban J connectivity index is 3.09. The van der Waals surface area contributed by atoms with Crippen molar-refractivity contribution in [2.45, 2.75) is 19.9 Å². The van der Waals surface area contributed by atoms with Crippen molar-refractivity contribution in [3.8, 4) is 0 Å². The third kappa shape index (κ3) is 11.9. The number of quaternary nitrogens is 1. The van der Waals surface area contributed by atoms with Crippen molar-refractivity contribution in [2.75, 3.05) is 47.3 Å². The van der Waals surface area contributed by atoms with Gasteiger partial charge >= 0.3 is 0 Å². The lowest BCUT2D eigenvalue weighted by atomic mass is 10.4. The van der Waals surface area contributed by atoms with Crippen LogP contribution in [0.1, 0.15) is 13.8 Å². The maximum Gasteiger partial charge on any atom is 0.0907 e. The molecule has 0 spiro atoms. The Bertz CT molecular complexity index is 116. The monoisotopic (exact) mass is 188 g/mol. The van der Waals surface area contributed by atoms with Gasteiger partial charge in [0, 0.05) is 25.7 Å². The van der Waals surface area contributed by atoms with Crippen LogP contribution in [0.2, 0.25) is 0 Å². The molecule has 0 unspecified atom stereocenters. The zero-order valence-electron chi connectivity index (χ0n) is 9.85. The van der Waals surface area contributed by atoms with Gasteiger partial charge in [-0.15, -0.1) is 0 Å². The molecule has 0 saturated heterocycles. The van der Waals surface area contributed by atoms with Crippen molar-refractivity contribution in [1.82, 2.24) is 10.6 Å². The molecule has 3 heteroatoms. The van der Waals surface area contributed by atoms with Crippen LogP contribution in [0.3, 0.4) is 0 Å². The first kappa shape index (κ1) is 12.9. The third-order valence-corrected chi connectivity index (χ3v) is 1.81. The molecule has 80 valence electrons. The van der Waals surface area contributed by atoms with Crippen LogP contribution in [-0.4, -0.2) is 57.8 Å². The van der Waals surface area contributed by atoms with Gasteiger partial charge in [0.25, 0.3) is 0 Å². The van der Waals surface area contributed by atoms with Gasteiger partial charge in [-0.2, -0.15) is 0 Å². The highest BCUT2D eigenvalue weighted by atomic mass is 15.3. The molecule has 0 bridgehead atoms. The van der Waals surface area contributed by atoms with Crippen molar-refractivity contribution >= 4 is 0 Å². The summed E-state index contributed by atoms with van der Waals surface area (Å²) in [7, 11) is 6.65. The summed E-state index contributed by atoms with van der Waals surface area (Å²) in [6.45, 7) is 8.76. The first-order valence-electron chi connectivity index (χ1n) is 5.16. The third-order valence-electron chi connectivity index (χ3n) is 1.81. The van der Waals surface area contributed by atoms with Crippen LogP contribution in [0, 0.1) is 0 Å². The van der Waals surface area contributed by atoms with Gasteiger partial charge in [-0.3, -0.25) is 0 Å². The molecule has 0 amide bonds. The fourth-order valence-corrected chi connectivity index (χ4v) is 0.989. The van der Waals surface area contributed by atoms with Gasteiger partial charge in [0.05, 0.1) is 27.7 Å². The summed E-state index contributed by atoms with van der Waals surface area (Å²) in [5.41, 5.74) is 0. The van der Waals surface area contributed by atoms with Crippen LogP contribution in [0.5, 0.6) is 0 Å². The van der Waals surface area contributed by atoms with Gasteiger partial charge < -0.3 is 15.1 Å². The molecule has 13 heavy (non-hydrogen) atoms. The molecule has 0 aliphatic heterocycles. The van der Waals surface area contributed by atoms with Gasteiger partial charge in [-0.05, 0) is 0 Å². The number of hydrogen-bond acceptors (Lipinski definition) is 2. The lowest BCUT2D eigenvalue weighted by Gasteiger charge is -2.23. The highest BCUT2D eigenvalue weighted by Gasteiger charge is 2.04. The topological polar surface area (TPSA) is 24.1 Å². The van der Waals surface area contributed by atoms with Gasteiger partial charge in [0.1, 0.15) is 0 Å². The molecule has 3 nitrogen and oxygen atoms in total. The first-order valence-corrected chi connectivity index (χ1v) is 5.16. The zero-order valence-corrected chi connectivity index (χ0v) is 9.85. The van der Waals surface area contributed by atoms with E-state index < -0.39 is 0 Å². The van der Waals surface area contributed by atoms with Gasteiger partial charge in [0.15, 0.2) is 0 Å². The van der Waals surface area contributed by atoms with E-state index in [1.54, 1.807) is 0 Å². The largest absolute Gasteiger partial charge is 0.330 e. The summed E-state index contributed by atoms with van der Waals surface area (Å²) >= 11 is 0. The van der Waals surface area contributed by atoms with Crippen LogP contribution < -0.4 is 10.6 Å². The summed E-state index contributed by atoms with van der Waals surface area (Å²) in [5, 5.41) is 6.79. The maximum atomic E-state index is 3.42. The Hall–Kier alpha value is -0.120. The standard InChI is InChI=1S/C10H26N3/c1-10(2)12-7-6-11-8-9-13(3,4)5/h10-12H,6-9H2,1-5H3/q+1. The predicted octanol–water partition coefficient (Wildman–Crippen LogP) is 0.280. The molecule has 2 N–H and O–H groups in total. The summed E-state index contributed by atoms with van der Waals surface area (Å²) in [6.07, 6.45) is 0. The van der Waals surface area contributed by atoms with Crippen LogP contribution in [0.4, 0.5) is 0 Å². The zero-order chi connectivity index (χ0) is 10.3. The highest BCUT2D eigenvalue weighted by molar-refractivity contribution is 4.55. The minimum absolute atomic E-state index is 0.597. The van der Waals surface area contributed by atoms with E-state index in [9.17, 15) is 0 Å². The van der Waals surface area contributed by atoms with E-state index in [1.807, 2.05) is 0 Å². The number of likely N-dealkylation sites (N-methyl/N-ethyl adjacent to an activating group) is 1. The van der Waals surface area contributed by atoms with Gasteiger partial charge in [-0.1, -0.05) is 13.8 Å². The summed E-state index contributed by atoms with van der Waals surface area (Å²) in [6, 6.07) is 0.597. The van der Waals surface area contributed by atoms with Crippen molar-refractivity contribution in [1.29, 1.82) is 0 Å². The van der Waals surface area contributed by atoms with Crippen LogP contribution in [0.15, 0.2) is 0 Å². The second kappa shape index (κ2) is 6.35. The molecule has 0 radical (unpaired) electrons. The highest BCUT2D eigenvalue weighted by Crippen LogP contribution is 1.85. The van der Waals surface area contributed by atoms with Crippen molar-refractivity contribution in [3.05, 3.63) is 0 Å². The first-order chi connectivity index (χ1) is 5.92. The van der Waals surface area contributed by atoms with E-state index in [2.05, 4.69) is 45.6 Å². The Kier molecular flexibility index (Phi) is 6.29. The van der Waals surface area contributed by atoms with Crippen molar-refractivity contribution in [3.63, 3.8) is 0 Å². The fourth-order valence-electron chi connectivity index (χ4n) is 0.989. The average Bonchev–Trinajstić information content (AvgIpc) is 1.93. The summed E-state index contributed by atoms with van der Waals surface area (Å²) < 4.78 is 1.03. The molecule has 0 aromatic carbocycles. The summed E-state index contributed by atoms with van der Waals surface area (Å²) in [5.74, 6) is 0. The van der Waals surface area contributed by atoms with Crippen molar-refractivity contribution < 1.29 is 4.48 Å². The number of rotatable bonds is 7. The molecule has 0 heterocycles. The second-order valence-corrected chi connectivity index (χ2v) is 4.87. The minimum Gasteiger partial charge on any atom is -0.330 e. The van der Waals surface area contributed by atoms with Crippen LogP contribution in [0.25, 0.3) is 0 Å². The Morgan fingerprint density at radius 3 is 2.08 bits per heavy atom. The molecule has 0 aliphatic carbocycles. The maximum absolute atomic E-state index is 3.42. The molecule has 0 aromatic heterocycles. The van der Waals surface area contributed by atoms with E-state index in [0.717, 1.165) is 24.1 Å². The second-order valence-electron chi connectivity index (χ2n) is 4.87.